The van der Waals surface area contributed by atoms with Gasteiger partial charge in [0.1, 0.15) is 11.5 Å². The quantitative estimate of drug-likeness (QED) is 0.580. The summed E-state index contributed by atoms with van der Waals surface area (Å²) in [5.41, 5.74) is 1.93. The van der Waals surface area contributed by atoms with Crippen molar-refractivity contribution in [2.24, 2.45) is 0 Å². The molecule has 7 heteroatoms. The van der Waals surface area contributed by atoms with E-state index in [0.29, 0.717) is 18.3 Å². The fourth-order valence-electron chi connectivity index (χ4n) is 2.72. The number of rotatable bonds is 9. The monoisotopic (exact) mass is 379 g/mol. The summed E-state index contributed by atoms with van der Waals surface area (Å²) in [6.07, 6.45) is 2.48. The topological polar surface area (TPSA) is 81.2 Å². The maximum atomic E-state index is 5.82. The van der Waals surface area contributed by atoms with Gasteiger partial charge in [0, 0.05) is 6.54 Å². The van der Waals surface area contributed by atoms with Gasteiger partial charge < -0.3 is 20.1 Å². The Bertz CT molecular complexity index is 901. The Kier molecular flexibility index (Phi) is 6.62. The van der Waals surface area contributed by atoms with Crippen LogP contribution in [-0.2, 0) is 6.42 Å². The van der Waals surface area contributed by atoms with E-state index in [-0.39, 0.29) is 6.10 Å². The first-order valence-electron chi connectivity index (χ1n) is 9.24. The number of aromatic nitrogens is 3. The Balaban J connectivity index is 1.63. The van der Waals surface area contributed by atoms with E-state index in [2.05, 4.69) is 31.9 Å². The molecule has 0 unspecified atom stereocenters. The van der Waals surface area contributed by atoms with Gasteiger partial charge in [-0.2, -0.15) is 10.1 Å². The molecule has 0 aliphatic heterocycles. The summed E-state index contributed by atoms with van der Waals surface area (Å²) in [6, 6.07) is 15.7. The SMILES string of the molecule is COc1ccccc1CCNc1cnnc(Nc2ccccc2OC(C)C)n1. The molecule has 2 N–H and O–H groups in total. The van der Waals surface area contributed by atoms with Gasteiger partial charge in [-0.15, -0.1) is 5.10 Å². The lowest BCUT2D eigenvalue weighted by molar-refractivity contribution is 0.244. The molecule has 0 saturated heterocycles. The smallest absolute Gasteiger partial charge is 0.249 e. The molecule has 7 nitrogen and oxygen atoms in total. The zero-order valence-electron chi connectivity index (χ0n) is 16.3. The van der Waals surface area contributed by atoms with Gasteiger partial charge in [-0.25, -0.2) is 0 Å². The molecule has 146 valence electrons. The lowest BCUT2D eigenvalue weighted by Gasteiger charge is -2.14. The van der Waals surface area contributed by atoms with Crippen LogP contribution in [0.1, 0.15) is 19.4 Å². The van der Waals surface area contributed by atoms with Gasteiger partial charge in [0.05, 0.1) is 25.1 Å². The number of hydrogen-bond donors (Lipinski definition) is 2. The number of anilines is 3. The van der Waals surface area contributed by atoms with Crippen molar-refractivity contribution in [2.75, 3.05) is 24.3 Å². The molecule has 1 aromatic heterocycles. The Labute approximate surface area is 165 Å². The number of benzene rings is 2. The van der Waals surface area contributed by atoms with Crippen molar-refractivity contribution in [3.05, 3.63) is 60.3 Å². The first-order valence-corrected chi connectivity index (χ1v) is 9.24. The van der Waals surface area contributed by atoms with Gasteiger partial charge in [-0.1, -0.05) is 30.3 Å². The number of ether oxygens (including phenoxy) is 2. The molecule has 0 fully saturated rings. The van der Waals surface area contributed by atoms with Crippen molar-refractivity contribution in [3.63, 3.8) is 0 Å². The second-order valence-electron chi connectivity index (χ2n) is 6.44. The highest BCUT2D eigenvalue weighted by molar-refractivity contribution is 5.62. The number of hydrogen-bond acceptors (Lipinski definition) is 7. The van der Waals surface area contributed by atoms with Gasteiger partial charge in [0.15, 0.2) is 5.82 Å². The van der Waals surface area contributed by atoms with Crippen molar-refractivity contribution in [1.29, 1.82) is 0 Å². The number of para-hydroxylation sites is 3. The predicted molar refractivity (Wildman–Crippen MR) is 111 cm³/mol. The Morgan fingerprint density at radius 2 is 1.75 bits per heavy atom. The van der Waals surface area contributed by atoms with Crippen molar-refractivity contribution in [1.82, 2.24) is 15.2 Å². The molecule has 0 atom stereocenters. The van der Waals surface area contributed by atoms with Crippen LogP contribution in [0.5, 0.6) is 11.5 Å². The van der Waals surface area contributed by atoms with E-state index in [1.54, 1.807) is 13.3 Å². The molecule has 2 aromatic carbocycles. The molecular weight excluding hydrogens is 354 g/mol. The van der Waals surface area contributed by atoms with E-state index < -0.39 is 0 Å². The predicted octanol–water partition coefficient (Wildman–Crippen LogP) is 4.07. The highest BCUT2D eigenvalue weighted by Crippen LogP contribution is 2.27. The largest absolute Gasteiger partial charge is 0.496 e. The molecule has 1 heterocycles. The fraction of sp³-hybridized carbons (Fsp3) is 0.286. The normalized spacial score (nSPS) is 10.6. The molecule has 0 aliphatic rings. The van der Waals surface area contributed by atoms with Gasteiger partial charge >= 0.3 is 0 Å². The average Bonchev–Trinajstić information content (AvgIpc) is 2.70. The maximum Gasteiger partial charge on any atom is 0.249 e. The zero-order chi connectivity index (χ0) is 19.8. The standard InChI is InChI=1S/C21H25N5O2/c1-15(2)28-19-11-7-5-9-17(19)24-21-25-20(14-23-26-21)22-13-12-16-8-4-6-10-18(16)27-3/h4-11,14-15H,12-13H2,1-3H3,(H2,22,24,25,26). The van der Waals surface area contributed by atoms with Gasteiger partial charge in [0.2, 0.25) is 5.95 Å². The van der Waals surface area contributed by atoms with Crippen molar-refractivity contribution in [2.45, 2.75) is 26.4 Å². The summed E-state index contributed by atoms with van der Waals surface area (Å²) in [7, 11) is 1.68. The van der Waals surface area contributed by atoms with Crippen LogP contribution in [0.15, 0.2) is 54.7 Å². The van der Waals surface area contributed by atoms with Crippen LogP contribution in [0, 0.1) is 0 Å². The third-order valence-corrected chi connectivity index (χ3v) is 3.95. The minimum absolute atomic E-state index is 0.0740. The summed E-state index contributed by atoms with van der Waals surface area (Å²) >= 11 is 0. The lowest BCUT2D eigenvalue weighted by atomic mass is 10.1. The van der Waals surface area contributed by atoms with E-state index >= 15 is 0 Å². The average molecular weight is 379 g/mol. The molecule has 0 bridgehead atoms. The van der Waals surface area contributed by atoms with Gasteiger partial charge in [0.25, 0.3) is 0 Å². The van der Waals surface area contributed by atoms with Crippen LogP contribution < -0.4 is 20.1 Å². The van der Waals surface area contributed by atoms with Crippen LogP contribution >= 0.6 is 0 Å². The third-order valence-electron chi connectivity index (χ3n) is 3.95. The van der Waals surface area contributed by atoms with Crippen molar-refractivity contribution >= 4 is 17.5 Å². The molecule has 0 amide bonds. The van der Waals surface area contributed by atoms with Crippen LogP contribution in [0.4, 0.5) is 17.5 Å². The minimum atomic E-state index is 0.0740. The first kappa shape index (κ1) is 19.4. The Hall–Kier alpha value is -3.35. The molecule has 0 spiro atoms. The van der Waals surface area contributed by atoms with E-state index in [1.165, 1.54) is 0 Å². The molecule has 28 heavy (non-hydrogen) atoms. The van der Waals surface area contributed by atoms with Crippen molar-refractivity contribution in [3.8, 4) is 11.5 Å². The minimum Gasteiger partial charge on any atom is -0.496 e. The zero-order valence-corrected chi connectivity index (χ0v) is 16.3. The number of nitrogens with zero attached hydrogens (tertiary/aromatic N) is 3. The summed E-state index contributed by atoms with van der Waals surface area (Å²) in [5, 5.41) is 14.5. The second-order valence-corrected chi connectivity index (χ2v) is 6.44. The van der Waals surface area contributed by atoms with Gasteiger partial charge in [-0.3, -0.25) is 0 Å². The number of methoxy groups -OCH3 is 1. The van der Waals surface area contributed by atoms with Crippen LogP contribution in [0.2, 0.25) is 0 Å². The van der Waals surface area contributed by atoms with Gasteiger partial charge in [-0.05, 0) is 44.0 Å². The first-order chi connectivity index (χ1) is 13.7. The highest BCUT2D eigenvalue weighted by atomic mass is 16.5. The summed E-state index contributed by atoms with van der Waals surface area (Å²) < 4.78 is 11.2. The van der Waals surface area contributed by atoms with Crippen LogP contribution in [-0.4, -0.2) is 34.9 Å². The van der Waals surface area contributed by atoms with Crippen LogP contribution in [0.3, 0.4) is 0 Å². The summed E-state index contributed by atoms with van der Waals surface area (Å²) in [4.78, 5) is 4.48. The van der Waals surface area contributed by atoms with E-state index in [9.17, 15) is 0 Å². The molecule has 3 rings (SSSR count). The fourth-order valence-corrected chi connectivity index (χ4v) is 2.72. The third kappa shape index (κ3) is 5.33. The Morgan fingerprint density at radius 1 is 1.00 bits per heavy atom. The molecule has 0 aliphatic carbocycles. The Morgan fingerprint density at radius 3 is 2.54 bits per heavy atom. The molecule has 0 radical (unpaired) electrons. The van der Waals surface area contributed by atoms with E-state index in [0.717, 1.165) is 29.2 Å². The molecular formula is C21H25N5O2. The molecule has 3 aromatic rings. The van der Waals surface area contributed by atoms with E-state index in [1.807, 2.05) is 56.3 Å². The second kappa shape index (κ2) is 9.55. The highest BCUT2D eigenvalue weighted by Gasteiger charge is 2.08. The van der Waals surface area contributed by atoms with E-state index in [4.69, 9.17) is 9.47 Å². The van der Waals surface area contributed by atoms with Crippen LogP contribution in [0.25, 0.3) is 0 Å². The maximum absolute atomic E-state index is 5.82. The summed E-state index contributed by atoms with van der Waals surface area (Å²) in [6.45, 7) is 4.67. The lowest BCUT2D eigenvalue weighted by Crippen LogP contribution is -2.10. The van der Waals surface area contributed by atoms with Crippen molar-refractivity contribution < 1.29 is 9.47 Å². The summed E-state index contributed by atoms with van der Waals surface area (Å²) in [5.74, 6) is 2.68. The molecule has 0 saturated carbocycles. The number of nitrogens with one attached hydrogen (secondary N) is 2.